The van der Waals surface area contributed by atoms with Crippen LogP contribution >= 0.6 is 23.2 Å². The summed E-state index contributed by atoms with van der Waals surface area (Å²) in [5.41, 5.74) is 2.29. The predicted molar refractivity (Wildman–Crippen MR) is 89.9 cm³/mol. The highest BCUT2D eigenvalue weighted by Crippen LogP contribution is 2.36. The molecule has 0 unspecified atom stereocenters. The van der Waals surface area contributed by atoms with Crippen molar-refractivity contribution in [1.29, 1.82) is 0 Å². The highest BCUT2D eigenvalue weighted by molar-refractivity contribution is 6.45. The first-order valence-corrected chi connectivity index (χ1v) is 7.44. The van der Waals surface area contributed by atoms with Gasteiger partial charge in [0.1, 0.15) is 12.4 Å². The van der Waals surface area contributed by atoms with E-state index in [4.69, 9.17) is 23.2 Å². The molecule has 0 aliphatic carbocycles. The van der Waals surface area contributed by atoms with Crippen molar-refractivity contribution >= 4 is 45.9 Å². The number of anilines is 1. The molecule has 6 nitrogen and oxygen atoms in total. The lowest BCUT2D eigenvalue weighted by atomic mass is 10.0. The van der Waals surface area contributed by atoms with Crippen LogP contribution in [0.2, 0.25) is 10.0 Å². The summed E-state index contributed by atoms with van der Waals surface area (Å²) in [6.45, 7) is -0.00197. The number of aromatic amines is 1. The highest BCUT2D eigenvalue weighted by atomic mass is 35.5. The minimum Gasteiger partial charge on any atom is -0.468 e. The zero-order chi connectivity index (χ0) is 16.4. The molecule has 0 bridgehead atoms. The average Bonchev–Trinajstić information content (AvgIpc) is 3.10. The summed E-state index contributed by atoms with van der Waals surface area (Å²) in [6, 6.07) is 5.39. The molecule has 8 heteroatoms. The fourth-order valence-electron chi connectivity index (χ4n) is 2.20. The summed E-state index contributed by atoms with van der Waals surface area (Å²) in [5.74, 6) is 0.0946. The van der Waals surface area contributed by atoms with Gasteiger partial charge in [-0.15, -0.1) is 0 Å². The topological polar surface area (TPSA) is 79.9 Å². The number of halogens is 2. The smallest absolute Gasteiger partial charge is 0.325 e. The number of H-pyrrole nitrogens is 1. The molecule has 0 fully saturated rings. The van der Waals surface area contributed by atoms with Crippen LogP contribution < -0.4 is 5.32 Å². The van der Waals surface area contributed by atoms with Crippen molar-refractivity contribution < 1.29 is 9.53 Å². The van der Waals surface area contributed by atoms with Crippen LogP contribution in [0.3, 0.4) is 0 Å². The van der Waals surface area contributed by atoms with E-state index in [-0.39, 0.29) is 6.54 Å². The number of hydrogen-bond donors (Lipinski definition) is 2. The molecule has 0 atom stereocenters. The van der Waals surface area contributed by atoms with E-state index in [0.29, 0.717) is 21.4 Å². The zero-order valence-electron chi connectivity index (χ0n) is 12.1. The zero-order valence-corrected chi connectivity index (χ0v) is 13.6. The van der Waals surface area contributed by atoms with Crippen molar-refractivity contribution in [3.05, 3.63) is 40.6 Å². The summed E-state index contributed by atoms with van der Waals surface area (Å²) in [5, 5.41) is 11.3. The number of rotatable bonds is 4. The third kappa shape index (κ3) is 3.09. The summed E-state index contributed by atoms with van der Waals surface area (Å²) in [7, 11) is 1.32. The van der Waals surface area contributed by atoms with Gasteiger partial charge in [0, 0.05) is 17.1 Å². The number of nitrogens with zero attached hydrogens (tertiary/aromatic N) is 2. The summed E-state index contributed by atoms with van der Waals surface area (Å²) >= 11 is 12.4. The number of carbonyl (C=O) groups is 1. The van der Waals surface area contributed by atoms with Gasteiger partial charge in [0.2, 0.25) is 0 Å². The number of aromatic nitrogens is 3. The second-order valence-electron chi connectivity index (χ2n) is 4.73. The molecule has 0 saturated carbocycles. The van der Waals surface area contributed by atoms with Gasteiger partial charge in [-0.25, -0.2) is 4.98 Å². The van der Waals surface area contributed by atoms with E-state index < -0.39 is 5.97 Å². The monoisotopic (exact) mass is 350 g/mol. The van der Waals surface area contributed by atoms with Gasteiger partial charge in [0.05, 0.1) is 28.9 Å². The Morgan fingerprint density at radius 1 is 1.39 bits per heavy atom. The number of nitrogens with one attached hydrogen (secondary N) is 2. The average molecular weight is 351 g/mol. The van der Waals surface area contributed by atoms with Crippen molar-refractivity contribution in [2.24, 2.45) is 0 Å². The quantitative estimate of drug-likeness (QED) is 0.703. The lowest BCUT2D eigenvalue weighted by molar-refractivity contribution is -0.138. The fraction of sp³-hybridized carbons (Fsp3) is 0.133. The van der Waals surface area contributed by atoms with E-state index >= 15 is 0 Å². The van der Waals surface area contributed by atoms with Gasteiger partial charge < -0.3 is 10.1 Å². The van der Waals surface area contributed by atoms with Crippen LogP contribution in [0.5, 0.6) is 0 Å². The van der Waals surface area contributed by atoms with Crippen molar-refractivity contribution in [3.63, 3.8) is 0 Å². The largest absolute Gasteiger partial charge is 0.468 e. The van der Waals surface area contributed by atoms with E-state index in [2.05, 4.69) is 25.2 Å². The molecule has 2 N–H and O–H groups in total. The molecule has 2 heterocycles. The molecule has 0 spiro atoms. The molecule has 0 radical (unpaired) electrons. The first kappa shape index (κ1) is 15.6. The van der Waals surface area contributed by atoms with Crippen molar-refractivity contribution in [2.45, 2.75) is 0 Å². The summed E-state index contributed by atoms with van der Waals surface area (Å²) < 4.78 is 4.61. The molecule has 3 aromatic rings. The van der Waals surface area contributed by atoms with Crippen LogP contribution in [0, 0.1) is 0 Å². The Hall–Kier alpha value is -2.31. The van der Waals surface area contributed by atoms with Crippen molar-refractivity contribution in [2.75, 3.05) is 19.0 Å². The number of hydrogen-bond acceptors (Lipinski definition) is 5. The van der Waals surface area contributed by atoms with Crippen LogP contribution in [-0.4, -0.2) is 34.8 Å². The maximum absolute atomic E-state index is 11.3. The van der Waals surface area contributed by atoms with Gasteiger partial charge >= 0.3 is 5.97 Å². The molecule has 3 rings (SSSR count). The highest BCUT2D eigenvalue weighted by Gasteiger charge is 2.14. The van der Waals surface area contributed by atoms with Crippen LogP contribution in [0.1, 0.15) is 0 Å². The molecule has 0 saturated heterocycles. The molecule has 0 aliphatic rings. The second kappa shape index (κ2) is 6.44. The SMILES string of the molecule is COC(=O)CNc1cc(-c2cn[nH]c2)c2ccc(Cl)c(Cl)c2n1. The molecule has 0 aliphatic heterocycles. The van der Waals surface area contributed by atoms with E-state index in [1.165, 1.54) is 7.11 Å². The lowest BCUT2D eigenvalue weighted by Gasteiger charge is -2.11. The molecule has 1 aromatic carbocycles. The van der Waals surface area contributed by atoms with Crippen LogP contribution in [0.25, 0.3) is 22.0 Å². The standard InChI is InChI=1S/C15H12Cl2N4O2/c1-23-13(22)7-18-12-4-10(8-5-19-20-6-8)9-2-3-11(16)14(17)15(9)21-12/h2-6H,7H2,1H3,(H,18,21)(H,19,20). The Morgan fingerprint density at radius 2 is 2.22 bits per heavy atom. The maximum Gasteiger partial charge on any atom is 0.325 e. The molecular formula is C15H12Cl2N4O2. The first-order valence-electron chi connectivity index (χ1n) is 6.68. The van der Waals surface area contributed by atoms with Gasteiger partial charge in [-0.2, -0.15) is 5.10 Å². The van der Waals surface area contributed by atoms with Gasteiger partial charge in [-0.3, -0.25) is 9.89 Å². The third-order valence-corrected chi connectivity index (χ3v) is 4.12. The Balaban J connectivity index is 2.15. The van der Waals surface area contributed by atoms with Crippen molar-refractivity contribution in [3.8, 4) is 11.1 Å². The van der Waals surface area contributed by atoms with E-state index in [9.17, 15) is 4.79 Å². The molecule has 0 amide bonds. The predicted octanol–water partition coefficient (Wildman–Crippen LogP) is 3.52. The number of fused-ring (bicyclic) bond motifs is 1. The van der Waals surface area contributed by atoms with Gasteiger partial charge in [0.15, 0.2) is 0 Å². The third-order valence-electron chi connectivity index (χ3n) is 3.32. The number of carbonyl (C=O) groups excluding carboxylic acids is 1. The Morgan fingerprint density at radius 3 is 2.91 bits per heavy atom. The molecular weight excluding hydrogens is 339 g/mol. The number of benzene rings is 1. The van der Waals surface area contributed by atoms with Gasteiger partial charge in [0.25, 0.3) is 0 Å². The molecule has 2 aromatic heterocycles. The number of ether oxygens (including phenoxy) is 1. The van der Waals surface area contributed by atoms with Crippen LogP contribution in [0.4, 0.5) is 5.82 Å². The summed E-state index contributed by atoms with van der Waals surface area (Å²) in [6.07, 6.45) is 3.46. The summed E-state index contributed by atoms with van der Waals surface area (Å²) in [4.78, 5) is 15.8. The second-order valence-corrected chi connectivity index (χ2v) is 5.51. The Bertz CT molecular complexity index is 866. The van der Waals surface area contributed by atoms with Gasteiger partial charge in [-0.1, -0.05) is 29.3 Å². The van der Waals surface area contributed by atoms with E-state index in [0.717, 1.165) is 16.5 Å². The molecule has 118 valence electrons. The van der Waals surface area contributed by atoms with E-state index in [1.54, 1.807) is 18.5 Å². The van der Waals surface area contributed by atoms with Crippen LogP contribution in [-0.2, 0) is 9.53 Å². The Kier molecular flexibility index (Phi) is 4.36. The normalized spacial score (nSPS) is 10.7. The number of methoxy groups -OCH3 is 1. The fourth-order valence-corrected chi connectivity index (χ4v) is 2.56. The lowest BCUT2D eigenvalue weighted by Crippen LogP contribution is -2.15. The minimum absolute atomic E-state index is 0.00197. The maximum atomic E-state index is 11.3. The van der Waals surface area contributed by atoms with Crippen molar-refractivity contribution in [1.82, 2.24) is 15.2 Å². The minimum atomic E-state index is -0.394. The van der Waals surface area contributed by atoms with E-state index in [1.807, 2.05) is 12.1 Å². The Labute approximate surface area is 141 Å². The number of pyridine rings is 1. The van der Waals surface area contributed by atoms with Crippen LogP contribution in [0.15, 0.2) is 30.6 Å². The number of esters is 1. The molecule has 23 heavy (non-hydrogen) atoms. The van der Waals surface area contributed by atoms with Gasteiger partial charge in [-0.05, 0) is 17.7 Å². The first-order chi connectivity index (χ1) is 11.1.